The lowest BCUT2D eigenvalue weighted by atomic mass is 9.99. The number of hydrogen-bond acceptors (Lipinski definition) is 4. The van der Waals surface area contributed by atoms with Crippen molar-refractivity contribution in [2.24, 2.45) is 16.8 Å². The average Bonchev–Trinajstić information content (AvgIpc) is 2.49. The lowest BCUT2D eigenvalue weighted by molar-refractivity contribution is 0.286. The molecule has 1 heterocycles. The Labute approximate surface area is 120 Å². The largest absolute Gasteiger partial charge is 0.409 e. The van der Waals surface area contributed by atoms with Crippen LogP contribution in [0.5, 0.6) is 0 Å². The molecule has 0 saturated carbocycles. The molecule has 1 aliphatic heterocycles. The highest BCUT2D eigenvalue weighted by Gasteiger charge is 2.33. The molecule has 1 saturated heterocycles. The zero-order valence-electron chi connectivity index (χ0n) is 11.0. The predicted molar refractivity (Wildman–Crippen MR) is 71.2 cm³/mol. The van der Waals surface area contributed by atoms with Gasteiger partial charge in [-0.15, -0.1) is 0 Å². The summed E-state index contributed by atoms with van der Waals surface area (Å²) in [6.45, 7) is 0.141. The van der Waals surface area contributed by atoms with Crippen molar-refractivity contribution in [2.45, 2.75) is 17.7 Å². The normalized spacial score (nSPS) is 21.4. The van der Waals surface area contributed by atoms with Gasteiger partial charge in [-0.25, -0.2) is 17.2 Å². The van der Waals surface area contributed by atoms with Crippen molar-refractivity contribution in [3.05, 3.63) is 29.8 Å². The Morgan fingerprint density at radius 1 is 1.43 bits per heavy atom. The molecule has 6 nitrogen and oxygen atoms in total. The van der Waals surface area contributed by atoms with Gasteiger partial charge in [-0.05, 0) is 31.0 Å². The van der Waals surface area contributed by atoms with Gasteiger partial charge in [-0.3, -0.25) is 0 Å². The minimum absolute atomic E-state index is 0.0336. The first-order chi connectivity index (χ1) is 9.86. The minimum Gasteiger partial charge on any atom is -0.409 e. The van der Waals surface area contributed by atoms with Crippen molar-refractivity contribution in [1.29, 1.82) is 0 Å². The molecule has 1 unspecified atom stereocenters. The number of benzene rings is 1. The van der Waals surface area contributed by atoms with E-state index in [1.54, 1.807) is 0 Å². The molecule has 0 aromatic heterocycles. The summed E-state index contributed by atoms with van der Waals surface area (Å²) in [5, 5.41) is 11.5. The number of sulfonamides is 1. The molecular weight excluding hydrogens is 304 g/mol. The number of amidine groups is 1. The molecule has 1 aromatic carbocycles. The van der Waals surface area contributed by atoms with Crippen molar-refractivity contribution in [3.8, 4) is 0 Å². The Morgan fingerprint density at radius 2 is 2.14 bits per heavy atom. The number of nitrogens with zero attached hydrogens (tertiary/aromatic N) is 2. The first kappa shape index (κ1) is 15.6. The van der Waals surface area contributed by atoms with Gasteiger partial charge in [0.05, 0.1) is 0 Å². The monoisotopic (exact) mass is 319 g/mol. The van der Waals surface area contributed by atoms with Crippen LogP contribution in [0.1, 0.15) is 12.8 Å². The highest BCUT2D eigenvalue weighted by molar-refractivity contribution is 7.89. The summed E-state index contributed by atoms with van der Waals surface area (Å²) in [6.07, 6.45) is 1.05. The summed E-state index contributed by atoms with van der Waals surface area (Å²) in [5.74, 6) is -2.37. The quantitative estimate of drug-likeness (QED) is 0.377. The topological polar surface area (TPSA) is 96.0 Å². The van der Waals surface area contributed by atoms with E-state index < -0.39 is 32.5 Å². The average molecular weight is 319 g/mol. The fraction of sp³-hybridized carbons (Fsp3) is 0.417. The Hall–Kier alpha value is -1.74. The van der Waals surface area contributed by atoms with Crippen molar-refractivity contribution in [3.63, 3.8) is 0 Å². The van der Waals surface area contributed by atoms with Gasteiger partial charge < -0.3 is 10.9 Å². The molecule has 0 amide bonds. The second-order valence-corrected chi connectivity index (χ2v) is 6.71. The Morgan fingerprint density at radius 3 is 2.81 bits per heavy atom. The van der Waals surface area contributed by atoms with Crippen molar-refractivity contribution in [1.82, 2.24) is 4.31 Å². The van der Waals surface area contributed by atoms with Gasteiger partial charge in [-0.2, -0.15) is 4.31 Å². The number of piperidine rings is 1. The van der Waals surface area contributed by atoms with E-state index in [2.05, 4.69) is 5.16 Å². The summed E-state index contributed by atoms with van der Waals surface area (Å²) >= 11 is 0. The van der Waals surface area contributed by atoms with Gasteiger partial charge in [0.15, 0.2) is 0 Å². The number of oxime groups is 1. The second-order valence-electron chi connectivity index (χ2n) is 4.80. The van der Waals surface area contributed by atoms with Crippen LogP contribution in [0.4, 0.5) is 8.78 Å². The van der Waals surface area contributed by atoms with Crippen molar-refractivity contribution in [2.75, 3.05) is 13.1 Å². The van der Waals surface area contributed by atoms with Gasteiger partial charge in [-0.1, -0.05) is 5.16 Å². The lowest BCUT2D eigenvalue weighted by Gasteiger charge is -2.31. The van der Waals surface area contributed by atoms with Gasteiger partial charge in [0.25, 0.3) is 0 Å². The molecule has 116 valence electrons. The molecule has 3 N–H and O–H groups in total. The molecule has 1 atom stereocenters. The SMILES string of the molecule is NC(=NO)C1CCCN(S(=O)(=O)c2cc(F)ccc2F)C1. The van der Waals surface area contributed by atoms with Gasteiger partial charge in [0.2, 0.25) is 10.0 Å². The third-order valence-electron chi connectivity index (χ3n) is 3.43. The lowest BCUT2D eigenvalue weighted by Crippen LogP contribution is -2.44. The van der Waals surface area contributed by atoms with E-state index in [0.717, 1.165) is 16.4 Å². The van der Waals surface area contributed by atoms with Crippen LogP contribution < -0.4 is 5.73 Å². The Balaban J connectivity index is 2.33. The van der Waals surface area contributed by atoms with Crippen molar-refractivity contribution < 1.29 is 22.4 Å². The summed E-state index contributed by atoms with van der Waals surface area (Å²) in [4.78, 5) is -0.706. The van der Waals surface area contributed by atoms with E-state index in [0.29, 0.717) is 18.9 Å². The van der Waals surface area contributed by atoms with Crippen LogP contribution in [0.15, 0.2) is 28.3 Å². The maximum atomic E-state index is 13.7. The Bertz CT molecular complexity index is 664. The maximum absolute atomic E-state index is 13.7. The molecule has 1 aliphatic rings. The smallest absolute Gasteiger partial charge is 0.246 e. The van der Waals surface area contributed by atoms with E-state index >= 15 is 0 Å². The molecule has 21 heavy (non-hydrogen) atoms. The summed E-state index contributed by atoms with van der Waals surface area (Å²) in [5.41, 5.74) is 5.49. The van der Waals surface area contributed by atoms with Crippen molar-refractivity contribution >= 4 is 15.9 Å². The Kier molecular flexibility index (Phi) is 4.43. The summed E-state index contributed by atoms with van der Waals surface area (Å²) < 4.78 is 52.7. The molecule has 1 fully saturated rings. The second kappa shape index (κ2) is 5.94. The molecule has 0 aliphatic carbocycles. The standard InChI is InChI=1S/C12H15F2N3O3S/c13-9-3-4-10(14)11(6-9)21(19,20)17-5-1-2-8(7-17)12(15)16-18/h3-4,6,8,18H,1-2,5,7H2,(H2,15,16). The highest BCUT2D eigenvalue weighted by Crippen LogP contribution is 2.25. The van der Waals surface area contributed by atoms with Crippen LogP contribution in [-0.4, -0.2) is 36.9 Å². The summed E-state index contributed by atoms with van der Waals surface area (Å²) in [6, 6.07) is 2.27. The van der Waals surface area contributed by atoms with Crippen LogP contribution >= 0.6 is 0 Å². The number of halogens is 2. The molecule has 9 heteroatoms. The zero-order chi connectivity index (χ0) is 15.6. The van der Waals surface area contributed by atoms with Crippen LogP contribution in [0.3, 0.4) is 0 Å². The fourth-order valence-electron chi connectivity index (χ4n) is 2.30. The number of rotatable bonds is 3. The molecule has 0 bridgehead atoms. The molecule has 0 radical (unpaired) electrons. The van der Waals surface area contributed by atoms with Crippen LogP contribution in [-0.2, 0) is 10.0 Å². The number of hydrogen-bond donors (Lipinski definition) is 2. The van der Waals surface area contributed by atoms with Crippen LogP contribution in [0, 0.1) is 17.6 Å². The van der Waals surface area contributed by atoms with E-state index in [4.69, 9.17) is 10.9 Å². The van der Waals surface area contributed by atoms with E-state index in [1.807, 2.05) is 0 Å². The highest BCUT2D eigenvalue weighted by atomic mass is 32.2. The predicted octanol–water partition coefficient (Wildman–Crippen LogP) is 1.11. The minimum atomic E-state index is -4.16. The molecule has 1 aromatic rings. The molecule has 2 rings (SSSR count). The maximum Gasteiger partial charge on any atom is 0.246 e. The van der Waals surface area contributed by atoms with Gasteiger partial charge >= 0.3 is 0 Å². The van der Waals surface area contributed by atoms with Gasteiger partial charge in [0.1, 0.15) is 22.4 Å². The third kappa shape index (κ3) is 3.13. The third-order valence-corrected chi connectivity index (χ3v) is 5.31. The first-order valence-electron chi connectivity index (χ1n) is 6.29. The zero-order valence-corrected chi connectivity index (χ0v) is 11.9. The van der Waals surface area contributed by atoms with E-state index in [-0.39, 0.29) is 18.9 Å². The molecule has 0 spiro atoms. The van der Waals surface area contributed by atoms with E-state index in [9.17, 15) is 17.2 Å². The van der Waals surface area contributed by atoms with Gasteiger partial charge in [0, 0.05) is 19.0 Å². The summed E-state index contributed by atoms with van der Waals surface area (Å²) in [7, 11) is -4.16. The van der Waals surface area contributed by atoms with Crippen LogP contribution in [0.25, 0.3) is 0 Å². The van der Waals surface area contributed by atoms with Crippen LogP contribution in [0.2, 0.25) is 0 Å². The van der Waals surface area contributed by atoms with E-state index in [1.165, 1.54) is 0 Å². The molecular formula is C12H15F2N3O3S. The number of nitrogens with two attached hydrogens (primary N) is 1. The first-order valence-corrected chi connectivity index (χ1v) is 7.73. The fourth-order valence-corrected chi connectivity index (χ4v) is 3.90.